The van der Waals surface area contributed by atoms with Gasteiger partial charge in [0.15, 0.2) is 5.65 Å². The molecule has 214 valence electrons. The molecule has 43 heavy (non-hydrogen) atoms. The standard InChI is InChI=1S/C32H24FN5O4S/c1-5-18-13-20(15-21(14-18)30-36-25-7-6-12-35-31(25)37-30)23-16-24-27(17-26(23)38(3)43(4,40)41)42-29(28(24)32(39)34-2)19-8-10-22(33)11-9-19/h1,6-17H,2-4H3,(H,34,39)(H,35,36,37). The second-order valence-corrected chi connectivity index (χ2v) is 11.9. The number of hydrogen-bond donors (Lipinski definition) is 2. The zero-order valence-electron chi connectivity index (χ0n) is 23.3. The molecule has 0 aliphatic heterocycles. The van der Waals surface area contributed by atoms with E-state index in [0.29, 0.717) is 50.4 Å². The highest BCUT2D eigenvalue weighted by atomic mass is 32.2. The van der Waals surface area contributed by atoms with Crippen LogP contribution >= 0.6 is 0 Å². The number of imidazole rings is 1. The highest BCUT2D eigenvalue weighted by Crippen LogP contribution is 2.42. The Kier molecular flexibility index (Phi) is 6.71. The van der Waals surface area contributed by atoms with Crippen molar-refractivity contribution in [3.05, 3.63) is 89.9 Å². The lowest BCUT2D eigenvalue weighted by Crippen LogP contribution is -2.25. The fourth-order valence-corrected chi connectivity index (χ4v) is 5.45. The van der Waals surface area contributed by atoms with Crippen LogP contribution in [0.3, 0.4) is 0 Å². The number of terminal acetylenes is 1. The summed E-state index contributed by atoms with van der Waals surface area (Å²) in [5.41, 5.74) is 4.77. The zero-order valence-corrected chi connectivity index (χ0v) is 24.1. The molecule has 0 saturated carbocycles. The molecule has 0 bridgehead atoms. The van der Waals surface area contributed by atoms with Gasteiger partial charge in [-0.3, -0.25) is 9.10 Å². The number of carbonyl (C=O) groups excluding carboxylic acids is 1. The third-order valence-electron chi connectivity index (χ3n) is 7.15. The average molecular weight is 594 g/mol. The molecule has 0 aliphatic rings. The largest absolute Gasteiger partial charge is 0.455 e. The fourth-order valence-electron chi connectivity index (χ4n) is 4.94. The number of pyridine rings is 1. The minimum atomic E-state index is -3.73. The van der Waals surface area contributed by atoms with Gasteiger partial charge in [0.05, 0.1) is 23.0 Å². The lowest BCUT2D eigenvalue weighted by molar-refractivity contribution is 0.0964. The zero-order chi connectivity index (χ0) is 30.5. The van der Waals surface area contributed by atoms with Gasteiger partial charge in [-0.2, -0.15) is 0 Å². The predicted octanol–water partition coefficient (Wildman–Crippen LogP) is 5.58. The van der Waals surface area contributed by atoms with Gasteiger partial charge in [0, 0.05) is 54.0 Å². The van der Waals surface area contributed by atoms with E-state index >= 15 is 0 Å². The van der Waals surface area contributed by atoms with Crippen LogP contribution < -0.4 is 9.62 Å². The summed E-state index contributed by atoms with van der Waals surface area (Å²) in [6.07, 6.45) is 8.58. The Hall–Kier alpha value is -5.47. The smallest absolute Gasteiger partial charge is 0.255 e. The second-order valence-electron chi connectivity index (χ2n) is 9.89. The monoisotopic (exact) mass is 593 g/mol. The number of carbonyl (C=O) groups is 1. The Morgan fingerprint density at radius 2 is 1.81 bits per heavy atom. The van der Waals surface area contributed by atoms with Crippen LogP contribution in [0.2, 0.25) is 0 Å². The van der Waals surface area contributed by atoms with Crippen molar-refractivity contribution in [1.29, 1.82) is 0 Å². The van der Waals surface area contributed by atoms with Crippen LogP contribution in [0.25, 0.3) is 56.0 Å². The van der Waals surface area contributed by atoms with Crippen molar-refractivity contribution < 1.29 is 22.0 Å². The molecule has 0 saturated heterocycles. The van der Waals surface area contributed by atoms with Gasteiger partial charge in [-0.15, -0.1) is 6.42 Å². The van der Waals surface area contributed by atoms with Gasteiger partial charge < -0.3 is 14.7 Å². The molecule has 0 radical (unpaired) electrons. The van der Waals surface area contributed by atoms with E-state index in [1.54, 1.807) is 36.5 Å². The van der Waals surface area contributed by atoms with Crippen molar-refractivity contribution in [2.75, 3.05) is 24.7 Å². The summed E-state index contributed by atoms with van der Waals surface area (Å²) in [7, 11) is -0.804. The first-order chi connectivity index (χ1) is 20.6. The third kappa shape index (κ3) is 4.98. The van der Waals surface area contributed by atoms with Gasteiger partial charge in [-0.25, -0.2) is 22.8 Å². The maximum absolute atomic E-state index is 13.7. The first-order valence-corrected chi connectivity index (χ1v) is 14.9. The highest BCUT2D eigenvalue weighted by molar-refractivity contribution is 7.92. The van der Waals surface area contributed by atoms with Gasteiger partial charge in [0.1, 0.15) is 23.0 Å². The summed E-state index contributed by atoms with van der Waals surface area (Å²) in [4.78, 5) is 25.3. The van der Waals surface area contributed by atoms with Crippen LogP contribution in [0.5, 0.6) is 0 Å². The van der Waals surface area contributed by atoms with Crippen molar-refractivity contribution in [2.24, 2.45) is 0 Å². The normalized spacial score (nSPS) is 11.5. The molecule has 6 rings (SSSR count). The van der Waals surface area contributed by atoms with Gasteiger partial charge >= 0.3 is 0 Å². The van der Waals surface area contributed by atoms with Gasteiger partial charge in [-0.05, 0) is 66.2 Å². The Bertz CT molecular complexity index is 2180. The molecule has 3 aromatic heterocycles. The number of hydrogen-bond acceptors (Lipinski definition) is 6. The molecule has 3 aromatic carbocycles. The quantitative estimate of drug-likeness (QED) is 0.243. The molecule has 11 heteroatoms. The minimum Gasteiger partial charge on any atom is -0.455 e. The number of H-pyrrole nitrogens is 1. The van der Waals surface area contributed by atoms with Gasteiger partial charge in [0.25, 0.3) is 5.91 Å². The summed E-state index contributed by atoms with van der Waals surface area (Å²) >= 11 is 0. The van der Waals surface area contributed by atoms with Crippen LogP contribution in [0, 0.1) is 18.2 Å². The number of amides is 1. The van der Waals surface area contributed by atoms with E-state index in [1.807, 2.05) is 12.1 Å². The molecule has 0 fully saturated rings. The van der Waals surface area contributed by atoms with Gasteiger partial charge in [0.2, 0.25) is 10.0 Å². The molecule has 0 unspecified atom stereocenters. The van der Waals surface area contributed by atoms with Crippen molar-refractivity contribution in [3.8, 4) is 46.2 Å². The molecular weight excluding hydrogens is 569 g/mol. The summed E-state index contributed by atoms with van der Waals surface area (Å²) in [5.74, 6) is 2.54. The van der Waals surface area contributed by atoms with E-state index in [1.165, 1.54) is 38.4 Å². The molecule has 9 nitrogen and oxygen atoms in total. The third-order valence-corrected chi connectivity index (χ3v) is 8.34. The minimum absolute atomic E-state index is 0.215. The van der Waals surface area contributed by atoms with E-state index in [-0.39, 0.29) is 16.9 Å². The maximum Gasteiger partial charge on any atom is 0.255 e. The van der Waals surface area contributed by atoms with Crippen molar-refractivity contribution in [3.63, 3.8) is 0 Å². The van der Waals surface area contributed by atoms with E-state index in [0.717, 1.165) is 16.1 Å². The molecule has 3 heterocycles. The number of aromatic nitrogens is 3. The lowest BCUT2D eigenvalue weighted by Gasteiger charge is -2.21. The summed E-state index contributed by atoms with van der Waals surface area (Å²) in [6.45, 7) is 0. The number of nitrogens with one attached hydrogen (secondary N) is 2. The van der Waals surface area contributed by atoms with Crippen LogP contribution in [0.1, 0.15) is 15.9 Å². The molecule has 0 spiro atoms. The Morgan fingerprint density at radius 1 is 1.07 bits per heavy atom. The number of sulfonamides is 1. The number of nitrogens with zero attached hydrogens (tertiary/aromatic N) is 3. The van der Waals surface area contributed by atoms with Crippen LogP contribution in [-0.4, -0.2) is 49.6 Å². The van der Waals surface area contributed by atoms with Crippen molar-refractivity contribution in [1.82, 2.24) is 20.3 Å². The highest BCUT2D eigenvalue weighted by Gasteiger charge is 2.26. The van der Waals surface area contributed by atoms with Gasteiger partial charge in [-0.1, -0.05) is 5.92 Å². The van der Waals surface area contributed by atoms with E-state index in [4.69, 9.17) is 10.8 Å². The summed E-state index contributed by atoms with van der Waals surface area (Å²) < 4.78 is 46.6. The second kappa shape index (κ2) is 10.4. The fraction of sp³-hybridized carbons (Fsp3) is 0.0938. The summed E-state index contributed by atoms with van der Waals surface area (Å²) in [5, 5.41) is 3.07. The Balaban J connectivity index is 1.65. The number of fused-ring (bicyclic) bond motifs is 2. The van der Waals surface area contributed by atoms with E-state index in [2.05, 4.69) is 26.2 Å². The van der Waals surface area contributed by atoms with Crippen LogP contribution in [0.15, 0.2) is 77.3 Å². The van der Waals surface area contributed by atoms with Crippen molar-refractivity contribution >= 4 is 43.8 Å². The molecule has 0 aliphatic carbocycles. The molecule has 1 amide bonds. The van der Waals surface area contributed by atoms with Crippen LogP contribution in [-0.2, 0) is 10.0 Å². The molecule has 2 N–H and O–H groups in total. The number of furan rings is 1. The number of rotatable bonds is 6. The Morgan fingerprint density at radius 3 is 2.49 bits per heavy atom. The summed E-state index contributed by atoms with van der Waals surface area (Å²) in [6, 6.07) is 17.9. The number of halogens is 1. The lowest BCUT2D eigenvalue weighted by atomic mass is 9.95. The number of benzene rings is 3. The maximum atomic E-state index is 13.7. The predicted molar refractivity (Wildman–Crippen MR) is 164 cm³/mol. The van der Waals surface area contributed by atoms with E-state index in [9.17, 15) is 17.6 Å². The topological polar surface area (TPSA) is 121 Å². The molecular formula is C32H24FN5O4S. The molecule has 6 aromatic rings. The number of aromatic amines is 1. The first-order valence-electron chi connectivity index (χ1n) is 13.0. The molecule has 0 atom stereocenters. The first kappa shape index (κ1) is 27.7. The Labute approximate surface area is 246 Å². The van der Waals surface area contributed by atoms with E-state index < -0.39 is 21.7 Å². The van der Waals surface area contributed by atoms with Crippen molar-refractivity contribution in [2.45, 2.75) is 0 Å². The number of anilines is 1. The van der Waals surface area contributed by atoms with Crippen LogP contribution in [0.4, 0.5) is 10.1 Å². The average Bonchev–Trinajstić information content (AvgIpc) is 3.61. The SMILES string of the molecule is C#Cc1cc(-c2nc3ncccc3[nH]2)cc(-c2cc3c(C(=O)NC)c(-c4ccc(F)cc4)oc3cc2N(C)S(C)(=O)=O)c1.